The molecule has 4 aromatic rings. The van der Waals surface area contributed by atoms with E-state index in [1.807, 2.05) is 48.5 Å². The second-order valence-corrected chi connectivity index (χ2v) is 6.96. The minimum absolute atomic E-state index is 0.157. The van der Waals surface area contributed by atoms with Crippen molar-refractivity contribution in [2.24, 2.45) is 0 Å². The van der Waals surface area contributed by atoms with Gasteiger partial charge in [0.25, 0.3) is 11.5 Å². The molecule has 6 nitrogen and oxygen atoms in total. The van der Waals surface area contributed by atoms with Gasteiger partial charge in [0, 0.05) is 36.1 Å². The molecule has 0 aliphatic heterocycles. The Morgan fingerprint density at radius 2 is 1.77 bits per heavy atom. The first kappa shape index (κ1) is 19.4. The fourth-order valence-corrected chi connectivity index (χ4v) is 3.36. The second kappa shape index (κ2) is 8.61. The molecule has 0 spiro atoms. The van der Waals surface area contributed by atoms with Crippen molar-refractivity contribution in [2.75, 3.05) is 7.11 Å². The van der Waals surface area contributed by atoms with Crippen LogP contribution in [-0.4, -0.2) is 27.9 Å². The molecular weight excluding hydrogens is 378 g/mol. The number of fused-ring (bicyclic) bond motifs is 1. The number of hydrogen-bond donors (Lipinski definition) is 1. The highest BCUT2D eigenvalue weighted by atomic mass is 16.5. The number of hydrogen-bond acceptors (Lipinski definition) is 4. The van der Waals surface area contributed by atoms with E-state index in [-0.39, 0.29) is 18.0 Å². The van der Waals surface area contributed by atoms with Crippen molar-refractivity contribution in [3.05, 3.63) is 106 Å². The summed E-state index contributed by atoms with van der Waals surface area (Å²) in [5.74, 6) is 0.514. The maximum absolute atomic E-state index is 13.2. The monoisotopic (exact) mass is 399 g/mol. The van der Waals surface area contributed by atoms with Gasteiger partial charge in [-0.2, -0.15) is 0 Å². The molecule has 6 heteroatoms. The Hall–Kier alpha value is -3.93. The summed E-state index contributed by atoms with van der Waals surface area (Å²) in [6.45, 7) is 0.579. The summed E-state index contributed by atoms with van der Waals surface area (Å²) < 4.78 is 5.22. The van der Waals surface area contributed by atoms with Crippen LogP contribution in [0, 0.1) is 0 Å². The summed E-state index contributed by atoms with van der Waals surface area (Å²) >= 11 is 0. The van der Waals surface area contributed by atoms with Crippen LogP contribution in [0.4, 0.5) is 0 Å². The molecule has 0 aliphatic carbocycles. The first-order valence-electron chi connectivity index (χ1n) is 9.57. The van der Waals surface area contributed by atoms with E-state index >= 15 is 0 Å². The van der Waals surface area contributed by atoms with Gasteiger partial charge in [0.15, 0.2) is 0 Å². The van der Waals surface area contributed by atoms with Crippen LogP contribution in [0.25, 0.3) is 10.9 Å². The van der Waals surface area contributed by atoms with Crippen molar-refractivity contribution in [3.8, 4) is 5.75 Å². The Kier molecular flexibility index (Phi) is 5.57. The van der Waals surface area contributed by atoms with Gasteiger partial charge in [0.2, 0.25) is 0 Å². The first-order chi connectivity index (χ1) is 14.6. The molecule has 0 radical (unpaired) electrons. The number of nitrogens with zero attached hydrogens (tertiary/aromatic N) is 2. The van der Waals surface area contributed by atoms with Crippen LogP contribution in [0.5, 0.6) is 5.75 Å². The molecule has 1 amide bonds. The van der Waals surface area contributed by atoms with E-state index in [4.69, 9.17) is 4.74 Å². The maximum Gasteiger partial charge on any atom is 0.254 e. The van der Waals surface area contributed by atoms with Crippen LogP contribution in [0.15, 0.2) is 83.9 Å². The standard InChI is InChI=1S/C24H21N3O3/c1-30-21-8-7-19-13-20(23(28)26-22(19)14-21)16-27(15-17-5-3-2-4-6-17)24(29)18-9-11-25-12-10-18/h2-14H,15-16H2,1H3,(H,26,28). The summed E-state index contributed by atoms with van der Waals surface area (Å²) in [5, 5.41) is 0.876. The van der Waals surface area contributed by atoms with E-state index in [1.54, 1.807) is 42.6 Å². The van der Waals surface area contributed by atoms with Crippen molar-refractivity contribution in [2.45, 2.75) is 13.1 Å². The molecule has 0 aliphatic rings. The number of amides is 1. The lowest BCUT2D eigenvalue weighted by molar-refractivity contribution is 0.0729. The Morgan fingerprint density at radius 1 is 1.00 bits per heavy atom. The van der Waals surface area contributed by atoms with Gasteiger partial charge < -0.3 is 14.6 Å². The number of carbonyl (C=O) groups is 1. The lowest BCUT2D eigenvalue weighted by Gasteiger charge is -2.23. The average molecular weight is 399 g/mol. The number of H-pyrrole nitrogens is 1. The van der Waals surface area contributed by atoms with Gasteiger partial charge in [-0.25, -0.2) is 0 Å². The normalized spacial score (nSPS) is 10.7. The second-order valence-electron chi connectivity index (χ2n) is 6.96. The molecule has 0 bridgehead atoms. The Bertz CT molecular complexity index is 1220. The number of benzene rings is 2. The zero-order valence-corrected chi connectivity index (χ0v) is 16.5. The molecular formula is C24H21N3O3. The fraction of sp³-hybridized carbons (Fsp3) is 0.125. The number of pyridine rings is 2. The minimum atomic E-state index is -0.226. The van der Waals surface area contributed by atoms with Crippen molar-refractivity contribution >= 4 is 16.8 Å². The third-order valence-corrected chi connectivity index (χ3v) is 4.92. The van der Waals surface area contributed by atoms with E-state index < -0.39 is 0 Å². The highest BCUT2D eigenvalue weighted by Gasteiger charge is 2.18. The van der Waals surface area contributed by atoms with E-state index in [9.17, 15) is 9.59 Å². The van der Waals surface area contributed by atoms with E-state index in [0.29, 0.717) is 28.9 Å². The summed E-state index contributed by atoms with van der Waals surface area (Å²) in [4.78, 5) is 34.5. The molecule has 2 aromatic heterocycles. The lowest BCUT2D eigenvalue weighted by atomic mass is 10.1. The summed E-state index contributed by atoms with van der Waals surface area (Å²) in [6, 6.07) is 20.4. The smallest absolute Gasteiger partial charge is 0.254 e. The molecule has 0 saturated heterocycles. The molecule has 0 unspecified atom stereocenters. The van der Waals surface area contributed by atoms with Crippen molar-refractivity contribution in [3.63, 3.8) is 0 Å². The summed E-state index contributed by atoms with van der Waals surface area (Å²) in [7, 11) is 1.58. The number of methoxy groups -OCH3 is 1. The molecule has 2 heterocycles. The van der Waals surface area contributed by atoms with Gasteiger partial charge in [0.1, 0.15) is 5.75 Å². The minimum Gasteiger partial charge on any atom is -0.497 e. The molecule has 4 rings (SSSR count). The number of aromatic nitrogens is 2. The lowest BCUT2D eigenvalue weighted by Crippen LogP contribution is -2.32. The third-order valence-electron chi connectivity index (χ3n) is 4.92. The number of carbonyl (C=O) groups excluding carboxylic acids is 1. The highest BCUT2D eigenvalue weighted by molar-refractivity contribution is 5.94. The van der Waals surface area contributed by atoms with E-state index in [1.165, 1.54) is 0 Å². The molecule has 0 saturated carbocycles. The average Bonchev–Trinajstić information content (AvgIpc) is 2.79. The zero-order chi connectivity index (χ0) is 20.9. The van der Waals surface area contributed by atoms with Gasteiger partial charge in [-0.05, 0) is 41.3 Å². The molecule has 2 aromatic carbocycles. The van der Waals surface area contributed by atoms with Crippen LogP contribution >= 0.6 is 0 Å². The van der Waals surface area contributed by atoms with Crippen LogP contribution < -0.4 is 10.3 Å². The van der Waals surface area contributed by atoms with Gasteiger partial charge in [-0.1, -0.05) is 30.3 Å². The first-order valence-corrected chi connectivity index (χ1v) is 9.57. The predicted octanol–water partition coefficient (Wildman–Crippen LogP) is 3.77. The topological polar surface area (TPSA) is 75.3 Å². The quantitative estimate of drug-likeness (QED) is 0.535. The Labute approximate surface area is 173 Å². The van der Waals surface area contributed by atoms with Crippen LogP contribution in [0.2, 0.25) is 0 Å². The predicted molar refractivity (Wildman–Crippen MR) is 115 cm³/mol. The van der Waals surface area contributed by atoms with Crippen LogP contribution in [-0.2, 0) is 13.1 Å². The SMILES string of the molecule is COc1ccc2cc(CN(Cc3ccccc3)C(=O)c3ccncc3)c(=O)[nH]c2c1. The van der Waals surface area contributed by atoms with Gasteiger partial charge in [0.05, 0.1) is 19.2 Å². The molecule has 1 N–H and O–H groups in total. The molecule has 150 valence electrons. The number of nitrogens with one attached hydrogen (secondary N) is 1. The maximum atomic E-state index is 13.2. The van der Waals surface area contributed by atoms with Gasteiger partial charge in [-0.15, -0.1) is 0 Å². The van der Waals surface area contributed by atoms with Crippen molar-refractivity contribution in [1.82, 2.24) is 14.9 Å². The highest BCUT2D eigenvalue weighted by Crippen LogP contribution is 2.20. The number of aromatic amines is 1. The van der Waals surface area contributed by atoms with Crippen LogP contribution in [0.1, 0.15) is 21.5 Å². The van der Waals surface area contributed by atoms with Gasteiger partial charge >= 0.3 is 0 Å². The number of rotatable bonds is 6. The van der Waals surface area contributed by atoms with Gasteiger partial charge in [-0.3, -0.25) is 14.6 Å². The fourth-order valence-electron chi connectivity index (χ4n) is 3.36. The van der Waals surface area contributed by atoms with Crippen molar-refractivity contribution in [1.29, 1.82) is 0 Å². The Balaban J connectivity index is 1.69. The number of ether oxygens (including phenoxy) is 1. The molecule has 0 fully saturated rings. The zero-order valence-electron chi connectivity index (χ0n) is 16.5. The molecule has 0 atom stereocenters. The van der Waals surface area contributed by atoms with Crippen molar-refractivity contribution < 1.29 is 9.53 Å². The summed E-state index contributed by atoms with van der Waals surface area (Å²) in [5.41, 5.74) is 2.50. The van der Waals surface area contributed by atoms with Crippen LogP contribution in [0.3, 0.4) is 0 Å². The molecule has 30 heavy (non-hydrogen) atoms. The Morgan fingerprint density at radius 3 is 2.50 bits per heavy atom. The van der Waals surface area contributed by atoms with E-state index in [2.05, 4.69) is 9.97 Å². The largest absolute Gasteiger partial charge is 0.497 e. The third kappa shape index (κ3) is 4.22. The summed E-state index contributed by atoms with van der Waals surface area (Å²) in [6.07, 6.45) is 3.17. The van der Waals surface area contributed by atoms with E-state index in [0.717, 1.165) is 10.9 Å².